The molecule has 0 bridgehead atoms. The largest absolute Gasteiger partial charge is 0.352 e. The first-order chi connectivity index (χ1) is 15.4. The Balaban J connectivity index is 1.81. The number of hydrogen-bond donors (Lipinski definition) is 1. The molecule has 2 aromatic heterocycles. The molecule has 32 heavy (non-hydrogen) atoms. The van der Waals surface area contributed by atoms with Crippen molar-refractivity contribution in [1.82, 2.24) is 24.7 Å². The Labute approximate surface area is 197 Å². The van der Waals surface area contributed by atoms with Crippen LogP contribution in [0.3, 0.4) is 0 Å². The molecule has 5 nitrogen and oxygen atoms in total. The van der Waals surface area contributed by atoms with Crippen molar-refractivity contribution in [3.05, 3.63) is 82.9 Å². The summed E-state index contributed by atoms with van der Waals surface area (Å²) in [5, 5.41) is 4.42. The molecule has 1 aromatic carbocycles. The normalized spacial score (nSPS) is 18.4. The second-order valence-electron chi connectivity index (χ2n) is 8.86. The lowest BCUT2D eigenvalue weighted by Crippen LogP contribution is -2.32. The Morgan fingerprint density at radius 2 is 1.72 bits per heavy atom. The Morgan fingerprint density at radius 1 is 1.00 bits per heavy atom. The standard InChI is InChI=1S/C26H33N5S/c1-18-19(2)31(21-12-7-6-8-13-21)20(3)23(18)25-24(22-14-9-10-15-27-22)28-26(32)30(25)17-11-16-29(4)5/h6-10,12-15,24-25H,11,16-17H2,1-5H3,(H,28,32)/t24-,25+/m1/s1. The van der Waals surface area contributed by atoms with E-state index < -0.39 is 0 Å². The zero-order valence-corrected chi connectivity index (χ0v) is 20.5. The minimum absolute atomic E-state index is 0.0199. The third kappa shape index (κ3) is 4.17. The van der Waals surface area contributed by atoms with E-state index in [1.165, 1.54) is 28.2 Å². The van der Waals surface area contributed by atoms with Crippen LogP contribution >= 0.6 is 12.2 Å². The third-order valence-electron chi connectivity index (χ3n) is 6.52. The molecule has 0 unspecified atom stereocenters. The van der Waals surface area contributed by atoms with Gasteiger partial charge in [0, 0.05) is 35.4 Å². The van der Waals surface area contributed by atoms with E-state index in [2.05, 4.69) is 97.0 Å². The van der Waals surface area contributed by atoms with Crippen LogP contribution < -0.4 is 5.32 Å². The quantitative estimate of drug-likeness (QED) is 0.530. The Morgan fingerprint density at radius 3 is 2.38 bits per heavy atom. The van der Waals surface area contributed by atoms with Crippen molar-refractivity contribution in [3.63, 3.8) is 0 Å². The fourth-order valence-corrected chi connectivity index (χ4v) is 5.26. The number of benzene rings is 1. The molecule has 1 aliphatic heterocycles. The van der Waals surface area contributed by atoms with Crippen molar-refractivity contribution in [2.45, 2.75) is 39.3 Å². The number of rotatable bonds is 7. The van der Waals surface area contributed by atoms with Crippen LogP contribution in [0.2, 0.25) is 0 Å². The van der Waals surface area contributed by atoms with Crippen molar-refractivity contribution in [3.8, 4) is 5.69 Å². The van der Waals surface area contributed by atoms with Crippen LogP contribution in [0.1, 0.15) is 46.7 Å². The van der Waals surface area contributed by atoms with Crippen molar-refractivity contribution >= 4 is 17.3 Å². The van der Waals surface area contributed by atoms with Gasteiger partial charge in [0.05, 0.1) is 17.8 Å². The highest BCUT2D eigenvalue weighted by molar-refractivity contribution is 7.80. The van der Waals surface area contributed by atoms with Gasteiger partial charge in [0.25, 0.3) is 0 Å². The molecule has 0 spiro atoms. The van der Waals surface area contributed by atoms with E-state index in [1.807, 2.05) is 12.3 Å². The van der Waals surface area contributed by atoms with Gasteiger partial charge in [-0.2, -0.15) is 0 Å². The summed E-state index contributed by atoms with van der Waals surface area (Å²) in [5.74, 6) is 0. The first-order valence-corrected chi connectivity index (χ1v) is 11.7. The number of nitrogens with zero attached hydrogens (tertiary/aromatic N) is 4. The molecule has 3 aromatic rings. The van der Waals surface area contributed by atoms with E-state index >= 15 is 0 Å². The molecule has 6 heteroatoms. The SMILES string of the molecule is Cc1c([C@H]2[C@@H](c3ccccn3)NC(=S)N2CCCN(C)C)c(C)n(-c2ccccc2)c1C. The monoisotopic (exact) mass is 447 g/mol. The van der Waals surface area contributed by atoms with Crippen LogP contribution in [0.25, 0.3) is 5.69 Å². The molecule has 168 valence electrons. The van der Waals surface area contributed by atoms with Crippen LogP contribution in [0, 0.1) is 20.8 Å². The predicted molar refractivity (Wildman–Crippen MR) is 135 cm³/mol. The number of hydrogen-bond acceptors (Lipinski definition) is 3. The van der Waals surface area contributed by atoms with Gasteiger partial charge in [0.1, 0.15) is 0 Å². The summed E-state index contributed by atoms with van der Waals surface area (Å²) >= 11 is 5.86. The molecule has 0 saturated carbocycles. The molecule has 1 fully saturated rings. The number of nitrogens with one attached hydrogen (secondary N) is 1. The van der Waals surface area contributed by atoms with E-state index in [-0.39, 0.29) is 12.1 Å². The smallest absolute Gasteiger partial charge is 0.170 e. The summed E-state index contributed by atoms with van der Waals surface area (Å²) in [6.07, 6.45) is 2.92. The Bertz CT molecular complexity index is 1070. The second-order valence-corrected chi connectivity index (χ2v) is 9.24. The minimum Gasteiger partial charge on any atom is -0.352 e. The maximum Gasteiger partial charge on any atom is 0.170 e. The third-order valence-corrected chi connectivity index (χ3v) is 6.87. The summed E-state index contributed by atoms with van der Waals surface area (Å²) in [6.45, 7) is 8.63. The molecule has 4 rings (SSSR count). The van der Waals surface area contributed by atoms with Gasteiger partial charge >= 0.3 is 0 Å². The van der Waals surface area contributed by atoms with Gasteiger partial charge in [0.15, 0.2) is 5.11 Å². The lowest BCUT2D eigenvalue weighted by atomic mass is 9.93. The highest BCUT2D eigenvalue weighted by Crippen LogP contribution is 2.43. The van der Waals surface area contributed by atoms with Crippen LogP contribution in [-0.2, 0) is 0 Å². The number of aromatic nitrogens is 2. The predicted octanol–water partition coefficient (Wildman–Crippen LogP) is 4.72. The van der Waals surface area contributed by atoms with Crippen LogP contribution in [0.5, 0.6) is 0 Å². The van der Waals surface area contributed by atoms with Crippen molar-refractivity contribution in [2.75, 3.05) is 27.2 Å². The topological polar surface area (TPSA) is 36.3 Å². The minimum atomic E-state index is 0.0199. The average Bonchev–Trinajstić information content (AvgIpc) is 3.22. The van der Waals surface area contributed by atoms with Gasteiger partial charge in [-0.25, -0.2) is 0 Å². The maximum absolute atomic E-state index is 5.86. The van der Waals surface area contributed by atoms with Crippen LogP contribution in [-0.4, -0.2) is 51.6 Å². The van der Waals surface area contributed by atoms with E-state index in [0.29, 0.717) is 0 Å². The van der Waals surface area contributed by atoms with Crippen LogP contribution in [0.15, 0.2) is 54.7 Å². The maximum atomic E-state index is 5.86. The second kappa shape index (κ2) is 9.43. The van der Waals surface area contributed by atoms with Gasteiger partial charge in [-0.1, -0.05) is 24.3 Å². The molecular formula is C26H33N5S. The molecule has 3 heterocycles. The molecule has 0 aliphatic carbocycles. The molecule has 1 N–H and O–H groups in total. The van der Waals surface area contributed by atoms with Gasteiger partial charge in [-0.05, 0) is 89.9 Å². The average molecular weight is 448 g/mol. The van der Waals surface area contributed by atoms with E-state index in [0.717, 1.165) is 30.3 Å². The highest BCUT2D eigenvalue weighted by atomic mass is 32.1. The molecule has 1 aliphatic rings. The zero-order valence-electron chi connectivity index (χ0n) is 19.7. The number of thiocarbonyl (C=S) groups is 1. The fourth-order valence-electron chi connectivity index (χ4n) is 4.92. The van der Waals surface area contributed by atoms with Gasteiger partial charge in [-0.15, -0.1) is 0 Å². The first kappa shape index (κ1) is 22.5. The van der Waals surface area contributed by atoms with Crippen LogP contribution in [0.4, 0.5) is 0 Å². The summed E-state index contributed by atoms with van der Waals surface area (Å²) in [6, 6.07) is 16.8. The summed E-state index contributed by atoms with van der Waals surface area (Å²) in [4.78, 5) is 9.30. The number of para-hydroxylation sites is 1. The Kier molecular flexibility index (Phi) is 6.63. The van der Waals surface area contributed by atoms with Gasteiger partial charge in [0.2, 0.25) is 0 Å². The number of pyridine rings is 1. The lowest BCUT2D eigenvalue weighted by molar-refractivity contribution is 0.291. The van der Waals surface area contributed by atoms with Crippen molar-refractivity contribution < 1.29 is 0 Å². The zero-order chi connectivity index (χ0) is 22.8. The molecule has 2 atom stereocenters. The summed E-state index contributed by atoms with van der Waals surface area (Å²) < 4.78 is 2.37. The lowest BCUT2D eigenvalue weighted by Gasteiger charge is -2.29. The van der Waals surface area contributed by atoms with Gasteiger partial charge in [-0.3, -0.25) is 4.98 Å². The molecule has 1 saturated heterocycles. The van der Waals surface area contributed by atoms with E-state index in [9.17, 15) is 0 Å². The Hall–Kier alpha value is -2.70. The molecule has 0 radical (unpaired) electrons. The summed E-state index contributed by atoms with van der Waals surface area (Å²) in [5.41, 5.74) is 7.43. The molecule has 0 amide bonds. The summed E-state index contributed by atoms with van der Waals surface area (Å²) in [7, 11) is 4.23. The van der Waals surface area contributed by atoms with Crippen molar-refractivity contribution in [2.24, 2.45) is 0 Å². The first-order valence-electron chi connectivity index (χ1n) is 11.3. The fraction of sp³-hybridized carbons (Fsp3) is 0.385. The van der Waals surface area contributed by atoms with E-state index in [1.54, 1.807) is 0 Å². The van der Waals surface area contributed by atoms with E-state index in [4.69, 9.17) is 17.2 Å². The highest BCUT2D eigenvalue weighted by Gasteiger charge is 2.42. The molecular weight excluding hydrogens is 414 g/mol. The van der Waals surface area contributed by atoms with Gasteiger partial charge < -0.3 is 19.7 Å². The van der Waals surface area contributed by atoms with Crippen molar-refractivity contribution in [1.29, 1.82) is 0 Å².